The molecule has 0 aliphatic carbocycles. The topological polar surface area (TPSA) is 55.1 Å². The third-order valence-corrected chi connectivity index (χ3v) is 2.92. The monoisotopic (exact) mass is 254 g/mol. The van der Waals surface area contributed by atoms with Crippen molar-refractivity contribution in [2.75, 3.05) is 0 Å². The summed E-state index contributed by atoms with van der Waals surface area (Å²) in [7, 11) is 0. The molecule has 1 aromatic rings. The molecular weight excluding hydrogens is 244 g/mol. The molecule has 1 heterocycles. The Hall–Kier alpha value is -0.870. The predicted molar refractivity (Wildman–Crippen MR) is 57.6 cm³/mol. The van der Waals surface area contributed by atoms with E-state index in [2.05, 4.69) is 21.2 Å². The standard InChI is InChI=1S/C10H11BrN2O/c11-7-3-1-6(2-4-7)10-8(12)5-9(14)13-10/h1-4,8,10H,5,12H2,(H,13,14). The van der Waals surface area contributed by atoms with Gasteiger partial charge in [0.2, 0.25) is 5.91 Å². The number of hydrogen-bond acceptors (Lipinski definition) is 2. The molecule has 1 aliphatic heterocycles. The number of halogens is 1. The first-order valence-electron chi connectivity index (χ1n) is 4.47. The van der Waals surface area contributed by atoms with Crippen LogP contribution in [0, 0.1) is 0 Å². The van der Waals surface area contributed by atoms with Crippen LogP contribution < -0.4 is 11.1 Å². The fraction of sp³-hybridized carbons (Fsp3) is 0.300. The van der Waals surface area contributed by atoms with Crippen molar-refractivity contribution in [3.05, 3.63) is 34.3 Å². The average Bonchev–Trinajstić information content (AvgIpc) is 2.47. The summed E-state index contributed by atoms with van der Waals surface area (Å²) in [6, 6.07) is 7.71. The lowest BCUT2D eigenvalue weighted by molar-refractivity contribution is -0.119. The molecular formula is C10H11BrN2O. The van der Waals surface area contributed by atoms with E-state index in [4.69, 9.17) is 5.73 Å². The van der Waals surface area contributed by atoms with Crippen molar-refractivity contribution in [3.63, 3.8) is 0 Å². The van der Waals surface area contributed by atoms with Crippen LogP contribution in [0.4, 0.5) is 0 Å². The van der Waals surface area contributed by atoms with Crippen LogP contribution in [0.15, 0.2) is 28.7 Å². The quantitative estimate of drug-likeness (QED) is 0.795. The molecule has 0 spiro atoms. The second-order valence-electron chi connectivity index (χ2n) is 3.46. The molecule has 2 atom stereocenters. The Morgan fingerprint density at radius 2 is 2.00 bits per heavy atom. The van der Waals surface area contributed by atoms with E-state index >= 15 is 0 Å². The molecule has 1 aliphatic rings. The molecule has 0 radical (unpaired) electrons. The molecule has 1 aromatic carbocycles. The van der Waals surface area contributed by atoms with E-state index in [-0.39, 0.29) is 18.0 Å². The molecule has 74 valence electrons. The van der Waals surface area contributed by atoms with E-state index in [0.717, 1.165) is 10.0 Å². The molecule has 3 N–H and O–H groups in total. The normalized spacial score (nSPS) is 26.3. The number of benzene rings is 1. The lowest BCUT2D eigenvalue weighted by Crippen LogP contribution is -2.28. The SMILES string of the molecule is NC1CC(=O)NC1c1ccc(Br)cc1. The van der Waals surface area contributed by atoms with Gasteiger partial charge in [-0.25, -0.2) is 0 Å². The first-order chi connectivity index (χ1) is 6.66. The molecule has 1 amide bonds. The molecule has 3 nitrogen and oxygen atoms in total. The zero-order chi connectivity index (χ0) is 10.1. The highest BCUT2D eigenvalue weighted by molar-refractivity contribution is 9.10. The number of carbonyl (C=O) groups excluding carboxylic acids is 1. The Morgan fingerprint density at radius 3 is 2.50 bits per heavy atom. The van der Waals surface area contributed by atoms with Gasteiger partial charge in [0.15, 0.2) is 0 Å². The zero-order valence-corrected chi connectivity index (χ0v) is 9.12. The second kappa shape index (κ2) is 3.71. The van der Waals surface area contributed by atoms with Crippen molar-refractivity contribution in [1.29, 1.82) is 0 Å². The van der Waals surface area contributed by atoms with Crippen molar-refractivity contribution in [3.8, 4) is 0 Å². The number of nitrogens with two attached hydrogens (primary N) is 1. The van der Waals surface area contributed by atoms with E-state index in [1.165, 1.54) is 0 Å². The molecule has 1 saturated heterocycles. The Morgan fingerprint density at radius 1 is 1.36 bits per heavy atom. The van der Waals surface area contributed by atoms with Gasteiger partial charge in [0.25, 0.3) is 0 Å². The minimum absolute atomic E-state index is 0.0319. The van der Waals surface area contributed by atoms with Crippen LogP contribution in [0.3, 0.4) is 0 Å². The van der Waals surface area contributed by atoms with Gasteiger partial charge in [-0.15, -0.1) is 0 Å². The van der Waals surface area contributed by atoms with Gasteiger partial charge in [0.05, 0.1) is 6.04 Å². The molecule has 2 rings (SSSR count). The number of hydrogen-bond donors (Lipinski definition) is 2. The predicted octanol–water partition coefficient (Wildman–Crippen LogP) is 1.34. The molecule has 1 fully saturated rings. The second-order valence-corrected chi connectivity index (χ2v) is 4.38. The average molecular weight is 255 g/mol. The highest BCUT2D eigenvalue weighted by Crippen LogP contribution is 2.24. The molecule has 0 bridgehead atoms. The number of nitrogens with one attached hydrogen (secondary N) is 1. The van der Waals surface area contributed by atoms with E-state index in [9.17, 15) is 4.79 Å². The fourth-order valence-corrected chi connectivity index (χ4v) is 1.94. The lowest BCUT2D eigenvalue weighted by atomic mass is 10.0. The first kappa shape index (κ1) is 9.68. The maximum Gasteiger partial charge on any atom is 0.222 e. The van der Waals surface area contributed by atoms with Gasteiger partial charge >= 0.3 is 0 Å². The fourth-order valence-electron chi connectivity index (χ4n) is 1.67. The smallest absolute Gasteiger partial charge is 0.222 e. The summed E-state index contributed by atoms with van der Waals surface area (Å²) in [5.74, 6) is 0.0328. The van der Waals surface area contributed by atoms with Crippen molar-refractivity contribution in [2.45, 2.75) is 18.5 Å². The minimum atomic E-state index is -0.108. The Balaban J connectivity index is 2.23. The van der Waals surface area contributed by atoms with Crippen LogP contribution in [0.5, 0.6) is 0 Å². The third-order valence-electron chi connectivity index (χ3n) is 2.39. The van der Waals surface area contributed by atoms with E-state index in [1.807, 2.05) is 24.3 Å². The number of carbonyl (C=O) groups is 1. The molecule has 0 aromatic heterocycles. The molecule has 14 heavy (non-hydrogen) atoms. The molecule has 2 unspecified atom stereocenters. The summed E-state index contributed by atoms with van der Waals surface area (Å²) in [5, 5.41) is 2.86. The van der Waals surface area contributed by atoms with Crippen LogP contribution in [0.2, 0.25) is 0 Å². The molecule has 4 heteroatoms. The summed E-state index contributed by atoms with van der Waals surface area (Å²) in [6.45, 7) is 0. The van der Waals surface area contributed by atoms with Gasteiger partial charge < -0.3 is 11.1 Å². The number of rotatable bonds is 1. The summed E-state index contributed by atoms with van der Waals surface area (Å²) in [5.41, 5.74) is 6.91. The summed E-state index contributed by atoms with van der Waals surface area (Å²) in [6.07, 6.45) is 0.417. The zero-order valence-electron chi connectivity index (χ0n) is 7.53. The summed E-state index contributed by atoms with van der Waals surface area (Å²) in [4.78, 5) is 11.1. The van der Waals surface area contributed by atoms with Crippen molar-refractivity contribution >= 4 is 21.8 Å². The van der Waals surface area contributed by atoms with Crippen molar-refractivity contribution < 1.29 is 4.79 Å². The first-order valence-corrected chi connectivity index (χ1v) is 5.26. The van der Waals surface area contributed by atoms with Crippen LogP contribution in [0.25, 0.3) is 0 Å². The highest BCUT2D eigenvalue weighted by Gasteiger charge is 2.30. The van der Waals surface area contributed by atoms with Crippen molar-refractivity contribution in [2.24, 2.45) is 5.73 Å². The van der Waals surface area contributed by atoms with Crippen LogP contribution in [-0.2, 0) is 4.79 Å². The van der Waals surface area contributed by atoms with Crippen LogP contribution in [0.1, 0.15) is 18.0 Å². The van der Waals surface area contributed by atoms with Gasteiger partial charge in [-0.1, -0.05) is 28.1 Å². The van der Waals surface area contributed by atoms with Crippen LogP contribution in [-0.4, -0.2) is 11.9 Å². The Labute approximate surface area is 90.8 Å². The van der Waals surface area contributed by atoms with Gasteiger partial charge in [0, 0.05) is 16.9 Å². The maximum atomic E-state index is 11.1. The van der Waals surface area contributed by atoms with Crippen LogP contribution >= 0.6 is 15.9 Å². The Bertz CT molecular complexity index is 350. The van der Waals surface area contributed by atoms with Gasteiger partial charge in [-0.3, -0.25) is 4.79 Å². The third kappa shape index (κ3) is 1.81. The Kier molecular flexibility index (Phi) is 2.56. The highest BCUT2D eigenvalue weighted by atomic mass is 79.9. The molecule has 0 saturated carbocycles. The van der Waals surface area contributed by atoms with Gasteiger partial charge in [-0.2, -0.15) is 0 Å². The van der Waals surface area contributed by atoms with E-state index < -0.39 is 0 Å². The van der Waals surface area contributed by atoms with Crippen molar-refractivity contribution in [1.82, 2.24) is 5.32 Å². The summed E-state index contributed by atoms with van der Waals surface area (Å²) >= 11 is 3.36. The largest absolute Gasteiger partial charge is 0.348 e. The van der Waals surface area contributed by atoms with Gasteiger partial charge in [-0.05, 0) is 17.7 Å². The van der Waals surface area contributed by atoms with E-state index in [0.29, 0.717) is 6.42 Å². The minimum Gasteiger partial charge on any atom is -0.348 e. The lowest BCUT2D eigenvalue weighted by Gasteiger charge is -2.15. The maximum absolute atomic E-state index is 11.1. The number of amides is 1. The van der Waals surface area contributed by atoms with Gasteiger partial charge in [0.1, 0.15) is 0 Å². The van der Waals surface area contributed by atoms with E-state index in [1.54, 1.807) is 0 Å². The summed E-state index contributed by atoms with van der Waals surface area (Å²) < 4.78 is 1.03.